The summed E-state index contributed by atoms with van der Waals surface area (Å²) in [4.78, 5) is 37.8. The number of hydrogen-bond donors (Lipinski definition) is 2. The molecule has 3 amide bonds. The lowest BCUT2D eigenvalue weighted by Crippen LogP contribution is -2.59. The van der Waals surface area contributed by atoms with Gasteiger partial charge >= 0.3 is 6.09 Å². The molecule has 7 heteroatoms. The Bertz CT molecular complexity index is 426. The van der Waals surface area contributed by atoms with Crippen LogP contribution in [0.3, 0.4) is 0 Å². The summed E-state index contributed by atoms with van der Waals surface area (Å²) in [6, 6.07) is -0.605. The number of carbonyl (C=O) groups excluding carboxylic acids is 3. The molecule has 0 bridgehead atoms. The summed E-state index contributed by atoms with van der Waals surface area (Å²) in [6.45, 7) is 0.561. The van der Waals surface area contributed by atoms with E-state index in [-0.39, 0.29) is 11.8 Å². The molecule has 0 spiro atoms. The molecule has 2 unspecified atom stereocenters. The Morgan fingerprint density at radius 3 is 2.70 bits per heavy atom. The first-order valence-corrected chi connectivity index (χ1v) is 6.93. The highest BCUT2D eigenvalue weighted by Crippen LogP contribution is 2.37. The van der Waals surface area contributed by atoms with Crippen LogP contribution in [0, 0.1) is 0 Å². The van der Waals surface area contributed by atoms with Gasteiger partial charge in [-0.25, -0.2) is 4.79 Å². The third kappa shape index (κ3) is 2.32. The van der Waals surface area contributed by atoms with Gasteiger partial charge in [0.1, 0.15) is 11.6 Å². The number of carbonyl (C=O) groups is 3. The van der Waals surface area contributed by atoms with Crippen LogP contribution < -0.4 is 10.6 Å². The highest BCUT2D eigenvalue weighted by molar-refractivity contribution is 5.95. The molecule has 0 aliphatic carbocycles. The molecule has 7 nitrogen and oxygen atoms in total. The van der Waals surface area contributed by atoms with E-state index >= 15 is 0 Å². The monoisotopic (exact) mass is 283 g/mol. The molecule has 2 fully saturated rings. The number of likely N-dealkylation sites (N-methyl/N-ethyl adjacent to an activating group) is 1. The van der Waals surface area contributed by atoms with Gasteiger partial charge in [-0.1, -0.05) is 0 Å². The maximum atomic E-state index is 12.6. The standard InChI is InChI=1S/C13H21N3O4/c1-14-11(18)13-6-3-5-9(15-12(19)20-2)10(17)16(13)8-4-7-13/h9H,3-8H2,1-2H3,(H,14,18)(H,15,19). The van der Waals surface area contributed by atoms with E-state index in [4.69, 9.17) is 0 Å². The molecule has 2 N–H and O–H groups in total. The summed E-state index contributed by atoms with van der Waals surface area (Å²) in [7, 11) is 2.86. The number of rotatable bonds is 2. The predicted octanol–water partition coefficient (Wildman–Crippen LogP) is 0.00210. The molecule has 2 aliphatic heterocycles. The average molecular weight is 283 g/mol. The van der Waals surface area contributed by atoms with E-state index in [1.165, 1.54) is 7.11 Å². The Labute approximate surface area is 118 Å². The Morgan fingerprint density at radius 1 is 1.35 bits per heavy atom. The molecule has 2 saturated heterocycles. The van der Waals surface area contributed by atoms with Crippen molar-refractivity contribution >= 4 is 17.9 Å². The van der Waals surface area contributed by atoms with E-state index < -0.39 is 17.7 Å². The summed E-state index contributed by atoms with van der Waals surface area (Å²) >= 11 is 0. The van der Waals surface area contributed by atoms with Crippen molar-refractivity contribution in [2.75, 3.05) is 20.7 Å². The van der Waals surface area contributed by atoms with Gasteiger partial charge in [-0.15, -0.1) is 0 Å². The van der Waals surface area contributed by atoms with Gasteiger partial charge < -0.3 is 20.3 Å². The maximum absolute atomic E-state index is 12.6. The minimum Gasteiger partial charge on any atom is -0.453 e. The highest BCUT2D eigenvalue weighted by atomic mass is 16.5. The Balaban J connectivity index is 2.22. The molecule has 0 aromatic carbocycles. The lowest BCUT2D eigenvalue weighted by molar-refractivity contribution is -0.145. The maximum Gasteiger partial charge on any atom is 0.407 e. The first kappa shape index (κ1) is 14.6. The van der Waals surface area contributed by atoms with Gasteiger partial charge in [0.05, 0.1) is 7.11 Å². The third-order valence-electron chi connectivity index (χ3n) is 4.26. The minimum atomic E-state index is -0.738. The fourth-order valence-electron chi connectivity index (χ4n) is 3.29. The second-order valence-corrected chi connectivity index (χ2v) is 5.28. The number of hydrogen-bond acceptors (Lipinski definition) is 4. The molecule has 0 radical (unpaired) electrons. The van der Waals surface area contributed by atoms with Crippen molar-refractivity contribution in [1.82, 2.24) is 15.5 Å². The molecule has 20 heavy (non-hydrogen) atoms. The number of fused-ring (bicyclic) bond motifs is 1. The van der Waals surface area contributed by atoms with Crippen LogP contribution in [0.5, 0.6) is 0 Å². The molecule has 0 saturated carbocycles. The SMILES string of the molecule is CNC(=O)C12CCCC(NC(=O)OC)C(=O)N1CCC2. The number of nitrogens with zero attached hydrogens (tertiary/aromatic N) is 1. The zero-order chi connectivity index (χ0) is 14.8. The van der Waals surface area contributed by atoms with Crippen molar-refractivity contribution in [1.29, 1.82) is 0 Å². The van der Waals surface area contributed by atoms with Crippen molar-refractivity contribution in [3.05, 3.63) is 0 Å². The van der Waals surface area contributed by atoms with Crippen molar-refractivity contribution in [2.24, 2.45) is 0 Å². The van der Waals surface area contributed by atoms with Gasteiger partial charge in [-0.2, -0.15) is 0 Å². The number of alkyl carbamates (subject to hydrolysis) is 1. The molecule has 2 aliphatic rings. The Hall–Kier alpha value is -1.79. The van der Waals surface area contributed by atoms with Crippen LogP contribution in [0.1, 0.15) is 32.1 Å². The summed E-state index contributed by atoms with van der Waals surface area (Å²) in [5, 5.41) is 5.23. The summed E-state index contributed by atoms with van der Waals surface area (Å²) in [5.74, 6) is -0.295. The van der Waals surface area contributed by atoms with Crippen LogP contribution in [0.4, 0.5) is 4.79 Å². The van der Waals surface area contributed by atoms with Crippen LogP contribution in [-0.4, -0.2) is 55.1 Å². The van der Waals surface area contributed by atoms with E-state index in [1.54, 1.807) is 11.9 Å². The van der Waals surface area contributed by atoms with Crippen LogP contribution in [0.25, 0.3) is 0 Å². The smallest absolute Gasteiger partial charge is 0.407 e. The molecule has 0 aromatic heterocycles. The normalized spacial score (nSPS) is 29.4. The number of ether oxygens (including phenoxy) is 1. The van der Waals surface area contributed by atoms with E-state index in [0.717, 1.165) is 6.42 Å². The molecular weight excluding hydrogens is 262 g/mol. The lowest BCUT2D eigenvalue weighted by Gasteiger charge is -2.36. The lowest BCUT2D eigenvalue weighted by atomic mass is 9.89. The van der Waals surface area contributed by atoms with Gasteiger partial charge in [0.15, 0.2) is 0 Å². The molecule has 0 aromatic rings. The zero-order valence-corrected chi connectivity index (χ0v) is 11.9. The first-order valence-electron chi connectivity index (χ1n) is 6.93. The Morgan fingerprint density at radius 2 is 2.05 bits per heavy atom. The topological polar surface area (TPSA) is 87.7 Å². The van der Waals surface area contributed by atoms with E-state index in [1.807, 2.05) is 0 Å². The van der Waals surface area contributed by atoms with Crippen LogP contribution in [0.2, 0.25) is 0 Å². The van der Waals surface area contributed by atoms with Gasteiger partial charge in [0.25, 0.3) is 0 Å². The summed E-state index contributed by atoms with van der Waals surface area (Å²) in [6.07, 6.45) is 2.76. The highest BCUT2D eigenvalue weighted by Gasteiger charge is 2.51. The summed E-state index contributed by atoms with van der Waals surface area (Å²) < 4.78 is 4.55. The number of amides is 3. The second kappa shape index (κ2) is 5.68. The average Bonchev–Trinajstić information content (AvgIpc) is 2.84. The predicted molar refractivity (Wildman–Crippen MR) is 70.9 cm³/mol. The van der Waals surface area contributed by atoms with E-state index in [9.17, 15) is 14.4 Å². The molecule has 2 atom stereocenters. The fourth-order valence-corrected chi connectivity index (χ4v) is 3.29. The fraction of sp³-hybridized carbons (Fsp3) is 0.769. The molecule has 2 heterocycles. The second-order valence-electron chi connectivity index (χ2n) is 5.28. The van der Waals surface area contributed by atoms with Crippen molar-refractivity contribution in [3.63, 3.8) is 0 Å². The Kier molecular flexibility index (Phi) is 4.15. The summed E-state index contributed by atoms with van der Waals surface area (Å²) in [5.41, 5.74) is -0.738. The van der Waals surface area contributed by atoms with Gasteiger partial charge in [-0.05, 0) is 32.1 Å². The van der Waals surface area contributed by atoms with Gasteiger partial charge in [-0.3, -0.25) is 9.59 Å². The van der Waals surface area contributed by atoms with E-state index in [0.29, 0.717) is 32.2 Å². The van der Waals surface area contributed by atoms with Gasteiger partial charge in [0, 0.05) is 13.6 Å². The quantitative estimate of drug-likeness (QED) is 0.747. The van der Waals surface area contributed by atoms with Crippen molar-refractivity contribution in [3.8, 4) is 0 Å². The van der Waals surface area contributed by atoms with Crippen molar-refractivity contribution in [2.45, 2.75) is 43.7 Å². The van der Waals surface area contributed by atoms with Crippen LogP contribution in [-0.2, 0) is 14.3 Å². The number of nitrogens with one attached hydrogen (secondary N) is 2. The third-order valence-corrected chi connectivity index (χ3v) is 4.26. The number of methoxy groups -OCH3 is 1. The van der Waals surface area contributed by atoms with Crippen molar-refractivity contribution < 1.29 is 19.1 Å². The zero-order valence-electron chi connectivity index (χ0n) is 11.9. The molecular formula is C13H21N3O4. The van der Waals surface area contributed by atoms with E-state index in [2.05, 4.69) is 15.4 Å². The largest absolute Gasteiger partial charge is 0.453 e. The first-order chi connectivity index (χ1) is 9.55. The van der Waals surface area contributed by atoms with Gasteiger partial charge in [0.2, 0.25) is 11.8 Å². The molecule has 2 rings (SSSR count). The molecule has 112 valence electrons. The minimum absolute atomic E-state index is 0.109. The van der Waals surface area contributed by atoms with Crippen LogP contribution >= 0.6 is 0 Å². The van der Waals surface area contributed by atoms with Crippen LogP contribution in [0.15, 0.2) is 0 Å².